The van der Waals surface area contributed by atoms with Crippen LogP contribution in [0.3, 0.4) is 0 Å². The average Bonchev–Trinajstić information content (AvgIpc) is 3.33. The Morgan fingerprint density at radius 2 is 1.74 bits per heavy atom. The maximum atomic E-state index is 12.3. The molecule has 1 aliphatic heterocycles. The molecule has 1 unspecified atom stereocenters. The number of benzene rings is 1. The van der Waals surface area contributed by atoms with Crippen LogP contribution in [0.15, 0.2) is 36.4 Å². The molecule has 1 aromatic heterocycles. The largest absolute Gasteiger partial charge is 0.354 e. The Morgan fingerprint density at radius 3 is 2.37 bits per heavy atom. The van der Waals surface area contributed by atoms with E-state index in [9.17, 15) is 9.59 Å². The molecule has 0 aliphatic carbocycles. The third-order valence-electron chi connectivity index (χ3n) is 5.13. The van der Waals surface area contributed by atoms with Crippen molar-refractivity contribution in [3.05, 3.63) is 57.3 Å². The number of hydrogen-bond acceptors (Lipinski definition) is 4. The Hall–Kier alpha value is -1.98. The van der Waals surface area contributed by atoms with Crippen LogP contribution in [-0.4, -0.2) is 36.2 Å². The third kappa shape index (κ3) is 5.50. The number of aryl methyl sites for hydroxylation is 2. The van der Waals surface area contributed by atoms with Crippen molar-refractivity contribution in [2.45, 2.75) is 45.6 Å². The van der Waals surface area contributed by atoms with Gasteiger partial charge in [-0.25, -0.2) is 0 Å². The van der Waals surface area contributed by atoms with Crippen LogP contribution in [-0.2, 0) is 4.79 Å². The fourth-order valence-corrected chi connectivity index (χ4v) is 4.37. The molecule has 0 bridgehead atoms. The second-order valence-corrected chi connectivity index (χ2v) is 8.60. The molecule has 1 atom stereocenters. The van der Waals surface area contributed by atoms with Gasteiger partial charge >= 0.3 is 0 Å². The number of nitrogens with zero attached hydrogens (tertiary/aromatic N) is 1. The van der Waals surface area contributed by atoms with Crippen LogP contribution in [0.2, 0.25) is 0 Å². The molecule has 144 valence electrons. The highest BCUT2D eigenvalue weighted by molar-refractivity contribution is 7.14. The van der Waals surface area contributed by atoms with E-state index >= 15 is 0 Å². The lowest BCUT2D eigenvalue weighted by Gasteiger charge is -2.28. The molecule has 1 saturated heterocycles. The van der Waals surface area contributed by atoms with Gasteiger partial charge in [-0.2, -0.15) is 0 Å². The van der Waals surface area contributed by atoms with E-state index in [-0.39, 0.29) is 30.6 Å². The van der Waals surface area contributed by atoms with Crippen molar-refractivity contribution in [2.24, 2.45) is 0 Å². The molecule has 1 aliphatic rings. The lowest BCUT2D eigenvalue weighted by Crippen LogP contribution is -2.36. The van der Waals surface area contributed by atoms with Crippen LogP contribution in [0.5, 0.6) is 0 Å². The molecule has 2 heterocycles. The Bertz CT molecular complexity index is 776. The number of rotatable bonds is 8. The monoisotopic (exact) mass is 384 g/mol. The summed E-state index contributed by atoms with van der Waals surface area (Å²) in [6.45, 7) is 6.81. The number of hydrogen-bond donors (Lipinski definition) is 1. The average molecular weight is 385 g/mol. The van der Waals surface area contributed by atoms with E-state index in [1.165, 1.54) is 35.3 Å². The summed E-state index contributed by atoms with van der Waals surface area (Å²) in [5.74, 6) is 0.00538. The first-order chi connectivity index (χ1) is 13.0. The first-order valence-electron chi connectivity index (χ1n) is 9.70. The molecule has 0 spiro atoms. The van der Waals surface area contributed by atoms with Crippen molar-refractivity contribution in [3.8, 4) is 0 Å². The zero-order chi connectivity index (χ0) is 19.2. The maximum Gasteiger partial charge on any atom is 0.220 e. The zero-order valence-corrected chi connectivity index (χ0v) is 17.0. The van der Waals surface area contributed by atoms with Gasteiger partial charge in [0.2, 0.25) is 5.91 Å². The van der Waals surface area contributed by atoms with Crippen LogP contribution in [0.25, 0.3) is 0 Å². The second-order valence-electron chi connectivity index (χ2n) is 7.31. The van der Waals surface area contributed by atoms with Crippen LogP contribution < -0.4 is 5.32 Å². The first kappa shape index (κ1) is 19.8. The minimum Gasteiger partial charge on any atom is -0.354 e. The highest BCUT2D eigenvalue weighted by Crippen LogP contribution is 2.25. The molecule has 4 nitrogen and oxygen atoms in total. The third-order valence-corrected chi connectivity index (χ3v) is 6.17. The molecular formula is C22H28N2O2S. The van der Waals surface area contributed by atoms with E-state index in [0.29, 0.717) is 6.54 Å². The van der Waals surface area contributed by atoms with Crippen molar-refractivity contribution in [1.29, 1.82) is 0 Å². The highest BCUT2D eigenvalue weighted by Gasteiger charge is 2.24. The number of carbonyl (C=O) groups excluding carboxylic acids is 2. The molecule has 5 heteroatoms. The molecule has 3 rings (SSSR count). The fraction of sp³-hybridized carbons (Fsp3) is 0.455. The van der Waals surface area contributed by atoms with Gasteiger partial charge in [0.15, 0.2) is 5.78 Å². The SMILES string of the molecule is Cc1ccc(C(CNC(=O)CCC(=O)c2ccc(C)s2)N2CCCC2)cc1. The summed E-state index contributed by atoms with van der Waals surface area (Å²) in [6.07, 6.45) is 2.94. The highest BCUT2D eigenvalue weighted by atomic mass is 32.1. The molecule has 2 aromatic rings. The van der Waals surface area contributed by atoms with Gasteiger partial charge in [0.25, 0.3) is 0 Å². The van der Waals surface area contributed by atoms with Gasteiger partial charge in [-0.05, 0) is 57.5 Å². The first-order valence-corrected chi connectivity index (χ1v) is 10.5. The fourth-order valence-electron chi connectivity index (χ4n) is 3.53. The Morgan fingerprint density at radius 1 is 1.04 bits per heavy atom. The van der Waals surface area contributed by atoms with Crippen LogP contribution >= 0.6 is 11.3 Å². The van der Waals surface area contributed by atoms with E-state index in [4.69, 9.17) is 0 Å². The molecular weight excluding hydrogens is 356 g/mol. The Balaban J connectivity index is 1.53. The summed E-state index contributed by atoms with van der Waals surface area (Å²) in [5, 5.41) is 3.06. The van der Waals surface area contributed by atoms with Gasteiger partial charge in [-0.1, -0.05) is 29.8 Å². The maximum absolute atomic E-state index is 12.3. The van der Waals surface area contributed by atoms with Gasteiger partial charge in [-0.3, -0.25) is 14.5 Å². The van der Waals surface area contributed by atoms with Crippen molar-refractivity contribution in [3.63, 3.8) is 0 Å². The summed E-state index contributed by atoms with van der Waals surface area (Å²) in [6, 6.07) is 12.6. The predicted octanol–water partition coefficient (Wildman–Crippen LogP) is 4.28. The summed E-state index contributed by atoms with van der Waals surface area (Å²) < 4.78 is 0. The number of likely N-dealkylation sites (tertiary alicyclic amines) is 1. The standard InChI is InChI=1S/C22H28N2O2S/c1-16-5-8-18(9-6-16)19(24-13-3-4-14-24)15-23-22(26)12-10-20(25)21-11-7-17(2)27-21/h5-9,11,19H,3-4,10,12-15H2,1-2H3,(H,23,26). The van der Waals surface area contributed by atoms with Crippen LogP contribution in [0.1, 0.15) is 57.4 Å². The minimum atomic E-state index is -0.0482. The molecule has 0 radical (unpaired) electrons. The number of Topliss-reactive ketones (excluding diaryl/α,β-unsaturated/α-hetero) is 1. The Kier molecular flexibility index (Phi) is 6.80. The normalized spacial score (nSPS) is 15.6. The number of carbonyl (C=O) groups is 2. The van der Waals surface area contributed by atoms with Crippen molar-refractivity contribution in [1.82, 2.24) is 10.2 Å². The summed E-state index contributed by atoms with van der Waals surface area (Å²) in [4.78, 5) is 28.8. The van der Waals surface area contributed by atoms with Gasteiger partial charge in [0.05, 0.1) is 10.9 Å². The van der Waals surface area contributed by atoms with Crippen molar-refractivity contribution >= 4 is 23.0 Å². The molecule has 1 amide bonds. The van der Waals surface area contributed by atoms with E-state index in [2.05, 4.69) is 41.4 Å². The summed E-state index contributed by atoms with van der Waals surface area (Å²) in [7, 11) is 0. The molecule has 1 fully saturated rings. The van der Waals surface area contributed by atoms with Crippen molar-refractivity contribution < 1.29 is 9.59 Å². The molecule has 1 N–H and O–H groups in total. The van der Waals surface area contributed by atoms with Crippen molar-refractivity contribution in [2.75, 3.05) is 19.6 Å². The number of amides is 1. The van der Waals surface area contributed by atoms with Crippen LogP contribution in [0, 0.1) is 13.8 Å². The summed E-state index contributed by atoms with van der Waals surface area (Å²) >= 11 is 1.49. The molecule has 1 aromatic carbocycles. The van der Waals surface area contributed by atoms with E-state index in [1.54, 1.807) is 0 Å². The second kappa shape index (κ2) is 9.29. The summed E-state index contributed by atoms with van der Waals surface area (Å²) in [5.41, 5.74) is 2.48. The number of thiophene rings is 1. The van der Waals surface area contributed by atoms with Gasteiger partial charge in [0.1, 0.15) is 0 Å². The molecule has 27 heavy (non-hydrogen) atoms. The zero-order valence-electron chi connectivity index (χ0n) is 16.2. The number of ketones is 1. The van der Waals surface area contributed by atoms with Gasteiger partial charge < -0.3 is 5.32 Å². The predicted molar refractivity (Wildman–Crippen MR) is 110 cm³/mol. The van der Waals surface area contributed by atoms with E-state index < -0.39 is 0 Å². The van der Waals surface area contributed by atoms with Crippen LogP contribution in [0.4, 0.5) is 0 Å². The molecule has 0 saturated carbocycles. The minimum absolute atomic E-state index is 0.0482. The van der Waals surface area contributed by atoms with E-state index in [1.807, 2.05) is 19.1 Å². The quantitative estimate of drug-likeness (QED) is 0.691. The van der Waals surface area contributed by atoms with Gasteiger partial charge in [0, 0.05) is 24.3 Å². The Labute approximate surface area is 165 Å². The lowest BCUT2D eigenvalue weighted by atomic mass is 10.0. The smallest absolute Gasteiger partial charge is 0.220 e. The van der Waals surface area contributed by atoms with E-state index in [0.717, 1.165) is 22.8 Å². The van der Waals surface area contributed by atoms with Gasteiger partial charge in [-0.15, -0.1) is 11.3 Å². The lowest BCUT2D eigenvalue weighted by molar-refractivity contribution is -0.121. The topological polar surface area (TPSA) is 49.4 Å². The number of nitrogens with one attached hydrogen (secondary N) is 1.